The third kappa shape index (κ3) is 5.43. The van der Waals surface area contributed by atoms with Gasteiger partial charge < -0.3 is 20.3 Å². The van der Waals surface area contributed by atoms with Crippen LogP contribution in [0.1, 0.15) is 36.2 Å². The predicted octanol–water partition coefficient (Wildman–Crippen LogP) is 2.97. The van der Waals surface area contributed by atoms with Crippen LogP contribution in [-0.2, 0) is 4.74 Å². The molecule has 0 radical (unpaired) electrons. The van der Waals surface area contributed by atoms with E-state index >= 15 is 8.78 Å². The van der Waals surface area contributed by atoms with Gasteiger partial charge in [-0.05, 0) is 20.9 Å². The number of likely N-dealkylation sites (N-methyl/N-ethyl adjacent to an activating group) is 1. The molecule has 0 saturated carbocycles. The van der Waals surface area contributed by atoms with Crippen LogP contribution < -0.4 is 21.1 Å². The number of anilines is 2. The number of carbonyl (C=O) groups is 1. The molecule has 14 heteroatoms. The number of alkyl halides is 2. The van der Waals surface area contributed by atoms with Crippen molar-refractivity contribution < 1.29 is 27.1 Å². The molecule has 2 aromatic heterocycles. The minimum atomic E-state index is -3.18. The quantitative estimate of drug-likeness (QED) is 0.438. The number of primary amides is 1. The predicted molar refractivity (Wildman–Crippen MR) is 148 cm³/mol. The molecule has 0 unspecified atom stereocenters. The minimum Gasteiger partial charge on any atom is -0.378 e. The van der Waals surface area contributed by atoms with Gasteiger partial charge in [-0.1, -0.05) is 0 Å². The number of morpholine rings is 1. The van der Waals surface area contributed by atoms with E-state index in [0.717, 1.165) is 16.8 Å². The zero-order valence-corrected chi connectivity index (χ0v) is 23.4. The average molecular weight is 590 g/mol. The van der Waals surface area contributed by atoms with Crippen LogP contribution in [0.2, 0.25) is 0 Å². The molecule has 4 heterocycles. The van der Waals surface area contributed by atoms with Crippen molar-refractivity contribution in [3.8, 4) is 16.8 Å². The largest absolute Gasteiger partial charge is 0.378 e. The molecular formula is C28H31F4N7O3. The molecule has 224 valence electrons. The van der Waals surface area contributed by atoms with Crippen molar-refractivity contribution in [2.75, 3.05) is 56.2 Å². The van der Waals surface area contributed by atoms with Crippen molar-refractivity contribution >= 4 is 17.5 Å². The zero-order valence-electron chi connectivity index (χ0n) is 23.4. The highest BCUT2D eigenvalue weighted by Crippen LogP contribution is 2.38. The molecule has 2 saturated heterocycles. The number of halogens is 4. The Kier molecular flexibility index (Phi) is 8.19. The van der Waals surface area contributed by atoms with E-state index in [1.54, 1.807) is 4.90 Å². The molecule has 0 aliphatic carbocycles. The van der Waals surface area contributed by atoms with Crippen LogP contribution in [0.3, 0.4) is 0 Å². The number of amides is 1. The van der Waals surface area contributed by atoms with E-state index in [1.807, 2.05) is 25.8 Å². The fourth-order valence-corrected chi connectivity index (χ4v) is 5.42. The standard InChI is InChI=1S/C28H31F4N7O3/c1-15-12-38(13-16(2)36(15)3)21-9-20(29)23(17-10-34-28(35-11-17)37-4-6-42-7-5-37)24(30)25(21)39-14-19(27(33)41)18(26(31)32)8-22(39)40/h8-11,14-16,26H,4-7,12-13H2,1-3H3,(H2,33,41)/t15-,16+. The first kappa shape index (κ1) is 29.5. The molecule has 10 nitrogen and oxygen atoms in total. The van der Waals surface area contributed by atoms with Gasteiger partial charge in [0.2, 0.25) is 5.95 Å². The van der Waals surface area contributed by atoms with Gasteiger partial charge in [-0.3, -0.25) is 19.1 Å². The van der Waals surface area contributed by atoms with Gasteiger partial charge in [0.15, 0.2) is 5.82 Å². The van der Waals surface area contributed by atoms with Gasteiger partial charge >= 0.3 is 0 Å². The van der Waals surface area contributed by atoms with Gasteiger partial charge in [0, 0.05) is 80.1 Å². The number of nitrogens with two attached hydrogens (primary N) is 1. The summed E-state index contributed by atoms with van der Waals surface area (Å²) in [5, 5.41) is 0. The summed E-state index contributed by atoms with van der Waals surface area (Å²) < 4.78 is 65.9. The van der Waals surface area contributed by atoms with Gasteiger partial charge in [-0.2, -0.15) is 0 Å². The molecule has 2 fully saturated rings. The number of carbonyl (C=O) groups excluding carboxylic acids is 1. The van der Waals surface area contributed by atoms with Crippen LogP contribution in [0.5, 0.6) is 0 Å². The van der Waals surface area contributed by atoms with E-state index in [0.29, 0.717) is 51.4 Å². The summed E-state index contributed by atoms with van der Waals surface area (Å²) in [6, 6.07) is 1.61. The van der Waals surface area contributed by atoms with Gasteiger partial charge in [-0.15, -0.1) is 0 Å². The SMILES string of the molecule is C[C@@H]1CN(c2cc(F)c(-c3cnc(N4CCOCC4)nc3)c(F)c2-n2cc(C(N)=O)c(C(F)F)cc2=O)C[C@H](C)N1C. The van der Waals surface area contributed by atoms with Crippen molar-refractivity contribution in [2.24, 2.45) is 5.73 Å². The maximum Gasteiger partial charge on any atom is 0.264 e. The Morgan fingerprint density at radius 1 is 1.05 bits per heavy atom. The number of pyridine rings is 1. The zero-order chi connectivity index (χ0) is 30.3. The fourth-order valence-electron chi connectivity index (χ4n) is 5.42. The molecule has 5 rings (SSSR count). The maximum atomic E-state index is 16.6. The number of aromatic nitrogens is 3. The normalized spacial score (nSPS) is 19.9. The second-order valence-electron chi connectivity index (χ2n) is 10.6. The molecule has 2 aliphatic heterocycles. The second-order valence-corrected chi connectivity index (χ2v) is 10.6. The molecule has 0 bridgehead atoms. The van der Waals surface area contributed by atoms with E-state index < -0.39 is 51.9 Å². The first-order valence-corrected chi connectivity index (χ1v) is 13.5. The highest BCUT2D eigenvalue weighted by Gasteiger charge is 2.32. The molecule has 1 aromatic carbocycles. The molecule has 3 aromatic rings. The Balaban J connectivity index is 1.71. The van der Waals surface area contributed by atoms with Gasteiger partial charge in [0.25, 0.3) is 17.9 Å². The highest BCUT2D eigenvalue weighted by molar-refractivity contribution is 5.94. The molecule has 2 N–H and O–H groups in total. The summed E-state index contributed by atoms with van der Waals surface area (Å²) >= 11 is 0. The second kappa shape index (κ2) is 11.7. The number of nitrogens with zero attached hydrogens (tertiary/aromatic N) is 6. The lowest BCUT2D eigenvalue weighted by Gasteiger charge is -2.44. The van der Waals surface area contributed by atoms with Crippen molar-refractivity contribution in [1.82, 2.24) is 19.4 Å². The smallest absolute Gasteiger partial charge is 0.264 e. The van der Waals surface area contributed by atoms with Crippen LogP contribution in [0.4, 0.5) is 29.2 Å². The highest BCUT2D eigenvalue weighted by atomic mass is 19.3. The van der Waals surface area contributed by atoms with Crippen molar-refractivity contribution in [2.45, 2.75) is 32.4 Å². The Bertz CT molecular complexity index is 1530. The van der Waals surface area contributed by atoms with E-state index in [9.17, 15) is 18.4 Å². The van der Waals surface area contributed by atoms with Crippen molar-refractivity contribution in [3.63, 3.8) is 0 Å². The summed E-state index contributed by atoms with van der Waals surface area (Å²) in [6.07, 6.45) is 0.168. The monoisotopic (exact) mass is 589 g/mol. The van der Waals surface area contributed by atoms with Crippen molar-refractivity contribution in [1.29, 1.82) is 0 Å². The fraction of sp³-hybridized carbons (Fsp3) is 0.429. The Hall–Kier alpha value is -4.04. The van der Waals surface area contributed by atoms with Crippen LogP contribution in [0.15, 0.2) is 35.5 Å². The lowest BCUT2D eigenvalue weighted by molar-refractivity contribution is 0.0985. The van der Waals surface area contributed by atoms with Gasteiger partial charge in [0.1, 0.15) is 11.5 Å². The summed E-state index contributed by atoms with van der Waals surface area (Å²) in [5.41, 5.74) is 1.90. The Morgan fingerprint density at radius 3 is 2.24 bits per heavy atom. The third-order valence-corrected chi connectivity index (χ3v) is 7.92. The number of benzene rings is 1. The lowest BCUT2D eigenvalue weighted by atomic mass is 10.0. The first-order valence-electron chi connectivity index (χ1n) is 13.5. The Labute approximate surface area is 239 Å². The first-order chi connectivity index (χ1) is 20.0. The number of ether oxygens (including phenoxy) is 1. The van der Waals surface area contributed by atoms with Crippen LogP contribution in [-0.4, -0.2) is 83.9 Å². The molecule has 2 atom stereocenters. The van der Waals surface area contributed by atoms with Crippen LogP contribution >= 0.6 is 0 Å². The summed E-state index contributed by atoms with van der Waals surface area (Å²) in [7, 11) is 1.94. The third-order valence-electron chi connectivity index (χ3n) is 7.92. The molecule has 1 amide bonds. The van der Waals surface area contributed by atoms with Crippen LogP contribution in [0, 0.1) is 11.6 Å². The Morgan fingerprint density at radius 2 is 1.67 bits per heavy atom. The average Bonchev–Trinajstić information content (AvgIpc) is 2.96. The van der Waals surface area contributed by atoms with Crippen LogP contribution in [0.25, 0.3) is 16.8 Å². The van der Waals surface area contributed by atoms with Crippen molar-refractivity contribution in [3.05, 3.63) is 63.8 Å². The minimum absolute atomic E-state index is 0.00213. The number of rotatable bonds is 6. The number of hydrogen-bond donors (Lipinski definition) is 1. The molecule has 2 aliphatic rings. The van der Waals surface area contributed by atoms with E-state index in [1.165, 1.54) is 12.4 Å². The molecule has 42 heavy (non-hydrogen) atoms. The number of hydrogen-bond acceptors (Lipinski definition) is 8. The summed E-state index contributed by atoms with van der Waals surface area (Å²) in [6.45, 7) is 6.72. The molecular weight excluding hydrogens is 558 g/mol. The van der Waals surface area contributed by atoms with E-state index in [2.05, 4.69) is 14.9 Å². The topological polar surface area (TPSA) is 110 Å². The summed E-state index contributed by atoms with van der Waals surface area (Å²) in [4.78, 5) is 39.6. The van der Waals surface area contributed by atoms with Gasteiger partial charge in [0.05, 0.1) is 30.0 Å². The van der Waals surface area contributed by atoms with E-state index in [-0.39, 0.29) is 23.3 Å². The number of piperazine rings is 1. The molecule has 0 spiro atoms. The maximum absolute atomic E-state index is 16.6. The van der Waals surface area contributed by atoms with Gasteiger partial charge in [-0.25, -0.2) is 27.5 Å². The lowest BCUT2D eigenvalue weighted by Crippen LogP contribution is -2.55. The van der Waals surface area contributed by atoms with E-state index in [4.69, 9.17) is 10.5 Å². The summed E-state index contributed by atoms with van der Waals surface area (Å²) in [5.74, 6) is -2.93.